The molecule has 13 heavy (non-hydrogen) atoms. The molecule has 0 rings (SSSR count). The molecule has 0 amide bonds. The highest BCUT2D eigenvalue weighted by molar-refractivity contribution is 7.85. The van der Waals surface area contributed by atoms with E-state index in [2.05, 4.69) is 26.3 Å². The van der Waals surface area contributed by atoms with Crippen molar-refractivity contribution in [1.82, 2.24) is 0 Å². The molecular formula is C8H18O4S. The molecule has 0 aromatic carbocycles. The second-order valence-electron chi connectivity index (χ2n) is 1.45. The third-order valence-electron chi connectivity index (χ3n) is 0.328. The maximum Gasteiger partial charge on any atom is 0.268 e. The lowest BCUT2D eigenvalue weighted by Gasteiger charge is -1.82. The second kappa shape index (κ2) is 17.3. The lowest BCUT2D eigenvalue weighted by atomic mass is 10.8. The first-order valence-electron chi connectivity index (χ1n) is 3.11. The SMILES string of the molecule is C=C.C=CC.C=CCS(=O)(=O)O.O. The summed E-state index contributed by atoms with van der Waals surface area (Å²) in [6.45, 7) is 14.4. The fraction of sp³-hybridized carbons (Fsp3) is 0.250. The van der Waals surface area contributed by atoms with Gasteiger partial charge in [-0.25, -0.2) is 0 Å². The van der Waals surface area contributed by atoms with Crippen molar-refractivity contribution in [3.05, 3.63) is 38.5 Å². The summed E-state index contributed by atoms with van der Waals surface area (Å²) in [6, 6.07) is 0. The highest BCUT2D eigenvalue weighted by Crippen LogP contribution is 1.78. The van der Waals surface area contributed by atoms with Crippen molar-refractivity contribution in [2.24, 2.45) is 0 Å². The first-order chi connectivity index (χ1) is 5.47. The Kier molecular flexibility index (Phi) is 30.1. The fourth-order valence-corrected chi connectivity index (χ4v) is 0.447. The minimum absolute atomic E-state index is 0. The van der Waals surface area contributed by atoms with Gasteiger partial charge in [0, 0.05) is 0 Å². The molecule has 80 valence electrons. The summed E-state index contributed by atoms with van der Waals surface area (Å²) in [7, 11) is -3.79. The zero-order valence-corrected chi connectivity index (χ0v) is 8.68. The van der Waals surface area contributed by atoms with E-state index in [9.17, 15) is 8.42 Å². The van der Waals surface area contributed by atoms with E-state index in [1.165, 1.54) is 0 Å². The number of hydrogen-bond donors (Lipinski definition) is 1. The lowest BCUT2D eigenvalue weighted by molar-refractivity contribution is 0.487. The zero-order valence-electron chi connectivity index (χ0n) is 7.86. The average molecular weight is 210 g/mol. The fourth-order valence-electron chi connectivity index (χ4n) is 0.149. The van der Waals surface area contributed by atoms with Crippen LogP contribution >= 0.6 is 0 Å². The van der Waals surface area contributed by atoms with Crippen LogP contribution in [0.25, 0.3) is 0 Å². The molecule has 0 aliphatic carbocycles. The summed E-state index contributed by atoms with van der Waals surface area (Å²) < 4.78 is 27.3. The maximum atomic E-state index is 9.72. The van der Waals surface area contributed by atoms with Crippen LogP contribution < -0.4 is 0 Å². The van der Waals surface area contributed by atoms with Gasteiger partial charge in [-0.1, -0.05) is 12.2 Å². The Balaban J connectivity index is -0.0000000581. The van der Waals surface area contributed by atoms with Crippen molar-refractivity contribution in [3.63, 3.8) is 0 Å². The van der Waals surface area contributed by atoms with Crippen LogP contribution in [-0.4, -0.2) is 24.2 Å². The molecule has 0 unspecified atom stereocenters. The van der Waals surface area contributed by atoms with Crippen molar-refractivity contribution in [1.29, 1.82) is 0 Å². The maximum absolute atomic E-state index is 9.72. The Morgan fingerprint density at radius 1 is 1.31 bits per heavy atom. The quantitative estimate of drug-likeness (QED) is 0.549. The molecule has 4 nitrogen and oxygen atoms in total. The summed E-state index contributed by atoms with van der Waals surface area (Å²) in [4.78, 5) is 0. The highest BCUT2D eigenvalue weighted by Gasteiger charge is 1.95. The van der Waals surface area contributed by atoms with Gasteiger partial charge in [-0.3, -0.25) is 4.55 Å². The molecule has 0 aromatic rings. The smallest absolute Gasteiger partial charge is 0.268 e. The topological polar surface area (TPSA) is 85.9 Å². The van der Waals surface area contributed by atoms with Crippen molar-refractivity contribution in [3.8, 4) is 0 Å². The molecular weight excluding hydrogens is 192 g/mol. The highest BCUT2D eigenvalue weighted by atomic mass is 32.2. The van der Waals surface area contributed by atoms with Gasteiger partial charge in [0.05, 0.1) is 5.75 Å². The van der Waals surface area contributed by atoms with Gasteiger partial charge in [0.2, 0.25) is 0 Å². The predicted octanol–water partition coefficient (Wildman–Crippen LogP) is 1.23. The predicted molar refractivity (Wildman–Crippen MR) is 57.4 cm³/mol. The third kappa shape index (κ3) is 96.0. The third-order valence-corrected chi connectivity index (χ3v) is 0.985. The van der Waals surface area contributed by atoms with Crippen LogP contribution in [0.5, 0.6) is 0 Å². The molecule has 3 N–H and O–H groups in total. The van der Waals surface area contributed by atoms with Gasteiger partial charge in [-0.2, -0.15) is 8.42 Å². The number of rotatable bonds is 2. The van der Waals surface area contributed by atoms with Gasteiger partial charge < -0.3 is 5.48 Å². The molecule has 0 radical (unpaired) electrons. The molecule has 0 aliphatic rings. The van der Waals surface area contributed by atoms with Crippen LogP contribution in [0.3, 0.4) is 0 Å². The normalized spacial score (nSPS) is 7.23. The van der Waals surface area contributed by atoms with Crippen LogP contribution in [-0.2, 0) is 10.1 Å². The molecule has 0 fully saturated rings. The minimum Gasteiger partial charge on any atom is -0.412 e. The molecule has 5 heteroatoms. The van der Waals surface area contributed by atoms with Crippen molar-refractivity contribution < 1.29 is 18.4 Å². The summed E-state index contributed by atoms with van der Waals surface area (Å²) >= 11 is 0. The Bertz CT molecular complexity index is 194. The molecule has 0 saturated carbocycles. The molecule has 0 heterocycles. The summed E-state index contributed by atoms with van der Waals surface area (Å²) in [5, 5.41) is 0. The van der Waals surface area contributed by atoms with Gasteiger partial charge in [-0.15, -0.1) is 26.3 Å². The average Bonchev–Trinajstić information content (AvgIpc) is 1.91. The van der Waals surface area contributed by atoms with E-state index in [-0.39, 0.29) is 11.2 Å². The van der Waals surface area contributed by atoms with E-state index in [0.717, 1.165) is 6.08 Å². The van der Waals surface area contributed by atoms with Gasteiger partial charge in [0.1, 0.15) is 0 Å². The lowest BCUT2D eigenvalue weighted by Crippen LogP contribution is -1.99. The van der Waals surface area contributed by atoms with E-state index in [0.29, 0.717) is 0 Å². The Hall–Kier alpha value is -0.910. The van der Waals surface area contributed by atoms with E-state index in [4.69, 9.17) is 4.55 Å². The molecule has 0 saturated heterocycles. The van der Waals surface area contributed by atoms with E-state index >= 15 is 0 Å². The van der Waals surface area contributed by atoms with E-state index in [1.807, 2.05) is 6.92 Å². The van der Waals surface area contributed by atoms with Crippen LogP contribution in [0.15, 0.2) is 38.5 Å². The van der Waals surface area contributed by atoms with Gasteiger partial charge in [0.15, 0.2) is 0 Å². The number of hydrogen-bond acceptors (Lipinski definition) is 2. The van der Waals surface area contributed by atoms with Crippen molar-refractivity contribution in [2.45, 2.75) is 6.92 Å². The molecule has 0 spiro atoms. The van der Waals surface area contributed by atoms with Crippen LogP contribution in [0.1, 0.15) is 6.92 Å². The largest absolute Gasteiger partial charge is 0.412 e. The van der Waals surface area contributed by atoms with Crippen LogP contribution in [0.4, 0.5) is 0 Å². The van der Waals surface area contributed by atoms with Crippen molar-refractivity contribution in [2.75, 3.05) is 5.75 Å². The molecule has 0 atom stereocenters. The van der Waals surface area contributed by atoms with Gasteiger partial charge >= 0.3 is 0 Å². The monoisotopic (exact) mass is 210 g/mol. The minimum atomic E-state index is -3.79. The zero-order chi connectivity index (χ0) is 10.6. The molecule has 0 aliphatic heterocycles. The first-order valence-corrected chi connectivity index (χ1v) is 4.72. The van der Waals surface area contributed by atoms with Crippen LogP contribution in [0, 0.1) is 0 Å². The molecule has 0 bridgehead atoms. The Morgan fingerprint density at radius 2 is 1.54 bits per heavy atom. The number of allylic oxidation sites excluding steroid dienone is 1. The van der Waals surface area contributed by atoms with E-state index in [1.54, 1.807) is 6.08 Å². The van der Waals surface area contributed by atoms with E-state index < -0.39 is 10.1 Å². The summed E-state index contributed by atoms with van der Waals surface area (Å²) in [6.07, 6.45) is 2.87. The van der Waals surface area contributed by atoms with Crippen LogP contribution in [0.2, 0.25) is 0 Å². The summed E-state index contributed by atoms with van der Waals surface area (Å²) in [5.74, 6) is -0.368. The first kappa shape index (κ1) is 22.7. The second-order valence-corrected chi connectivity index (χ2v) is 2.94. The van der Waals surface area contributed by atoms with Crippen molar-refractivity contribution >= 4 is 10.1 Å². The standard InChI is InChI=1S/C3H6O3S.C3H6.C2H4.H2O/c1-2-3-7(4,5)6;1-3-2;1-2;/h2H,1,3H2,(H,4,5,6);3H,1H2,2H3;1-2H2;1H2. The molecule has 0 aromatic heterocycles. The van der Waals surface area contributed by atoms with Gasteiger partial charge in [-0.05, 0) is 6.92 Å². The summed E-state index contributed by atoms with van der Waals surface area (Å²) in [5.41, 5.74) is 0. The Labute approximate surface area is 80.3 Å². The Morgan fingerprint density at radius 3 is 1.54 bits per heavy atom. The van der Waals surface area contributed by atoms with Gasteiger partial charge in [0.25, 0.3) is 10.1 Å².